The molecule has 1 heterocycles. The topological polar surface area (TPSA) is 95.9 Å². The Bertz CT molecular complexity index is 975. The molecule has 0 spiro atoms. The molecule has 1 amide bonds. The maximum atomic E-state index is 13.2. The van der Waals surface area contributed by atoms with Gasteiger partial charge in [-0.05, 0) is 42.5 Å². The lowest BCUT2D eigenvalue weighted by Gasteiger charge is -2.31. The standard InChI is InChI=1S/C21H25BrN2O5S/c22-19-7-3-1-6-17(19)15-29-18-11-13-24(14-12-18)30(27,28)20-8-4-2-5-16(20)9-10-21(25)23-26/h1-8,18,26H,9-15H2,(H,23,25). The molecule has 3 rings (SSSR count). The normalized spacial score (nSPS) is 15.8. The third kappa shape index (κ3) is 5.67. The van der Waals surface area contributed by atoms with Gasteiger partial charge in [0.25, 0.3) is 0 Å². The third-order valence-corrected chi connectivity index (χ3v) is 7.94. The van der Waals surface area contributed by atoms with Crippen LogP contribution in [0.4, 0.5) is 0 Å². The van der Waals surface area contributed by atoms with Gasteiger partial charge in [0.2, 0.25) is 15.9 Å². The molecule has 0 aliphatic carbocycles. The van der Waals surface area contributed by atoms with Crippen molar-refractivity contribution in [3.8, 4) is 0 Å². The lowest BCUT2D eigenvalue weighted by Crippen LogP contribution is -2.41. The van der Waals surface area contributed by atoms with Crippen molar-refractivity contribution in [1.82, 2.24) is 9.79 Å². The fourth-order valence-electron chi connectivity index (χ4n) is 3.47. The first-order valence-corrected chi connectivity index (χ1v) is 12.0. The van der Waals surface area contributed by atoms with Gasteiger partial charge in [0, 0.05) is 24.0 Å². The molecule has 2 N–H and O–H groups in total. The molecule has 0 atom stereocenters. The largest absolute Gasteiger partial charge is 0.373 e. The summed E-state index contributed by atoms with van der Waals surface area (Å²) in [6.45, 7) is 1.25. The van der Waals surface area contributed by atoms with Crippen LogP contribution in [0.3, 0.4) is 0 Å². The zero-order chi connectivity index (χ0) is 21.6. The number of nitrogens with zero attached hydrogens (tertiary/aromatic N) is 1. The minimum Gasteiger partial charge on any atom is -0.373 e. The molecule has 1 aliphatic heterocycles. The number of amides is 1. The van der Waals surface area contributed by atoms with Crippen LogP contribution in [0.2, 0.25) is 0 Å². The average molecular weight is 497 g/mol. The summed E-state index contributed by atoms with van der Waals surface area (Å²) < 4.78 is 34.8. The number of aryl methyl sites for hydroxylation is 1. The molecule has 7 nitrogen and oxygen atoms in total. The highest BCUT2D eigenvalue weighted by Gasteiger charge is 2.31. The molecule has 1 fully saturated rings. The quantitative estimate of drug-likeness (QED) is 0.431. The Hall–Kier alpha value is -1.78. The molecule has 0 unspecified atom stereocenters. The van der Waals surface area contributed by atoms with Gasteiger partial charge in [-0.1, -0.05) is 52.3 Å². The van der Waals surface area contributed by atoms with Crippen LogP contribution >= 0.6 is 15.9 Å². The van der Waals surface area contributed by atoms with E-state index in [1.165, 1.54) is 4.31 Å². The van der Waals surface area contributed by atoms with Crippen molar-refractivity contribution in [3.05, 3.63) is 64.1 Å². The summed E-state index contributed by atoms with van der Waals surface area (Å²) in [5, 5.41) is 8.66. The number of sulfonamides is 1. The van der Waals surface area contributed by atoms with E-state index in [1.54, 1.807) is 29.7 Å². The van der Waals surface area contributed by atoms with E-state index in [9.17, 15) is 13.2 Å². The van der Waals surface area contributed by atoms with Gasteiger partial charge in [-0.25, -0.2) is 13.9 Å². The van der Waals surface area contributed by atoms with Crippen LogP contribution in [-0.2, 0) is 32.6 Å². The summed E-state index contributed by atoms with van der Waals surface area (Å²) in [6.07, 6.45) is 1.49. The zero-order valence-corrected chi connectivity index (χ0v) is 18.9. The molecular formula is C21H25BrN2O5S. The first-order chi connectivity index (χ1) is 14.4. The Morgan fingerprint density at radius 2 is 1.73 bits per heavy atom. The number of carbonyl (C=O) groups excluding carboxylic acids is 1. The highest BCUT2D eigenvalue weighted by atomic mass is 79.9. The number of carbonyl (C=O) groups is 1. The van der Waals surface area contributed by atoms with E-state index >= 15 is 0 Å². The highest BCUT2D eigenvalue weighted by molar-refractivity contribution is 9.10. The number of ether oxygens (including phenoxy) is 1. The van der Waals surface area contributed by atoms with Crippen molar-refractivity contribution in [1.29, 1.82) is 0 Å². The second kappa shape index (κ2) is 10.5. The molecule has 2 aromatic rings. The van der Waals surface area contributed by atoms with E-state index in [-0.39, 0.29) is 23.8 Å². The molecule has 162 valence electrons. The molecule has 0 bridgehead atoms. The fraction of sp³-hybridized carbons (Fsp3) is 0.381. The van der Waals surface area contributed by atoms with Gasteiger partial charge < -0.3 is 4.74 Å². The van der Waals surface area contributed by atoms with Gasteiger partial charge in [-0.15, -0.1) is 0 Å². The van der Waals surface area contributed by atoms with Crippen molar-refractivity contribution >= 4 is 31.9 Å². The number of benzene rings is 2. The van der Waals surface area contributed by atoms with Crippen molar-refractivity contribution in [3.63, 3.8) is 0 Å². The van der Waals surface area contributed by atoms with Gasteiger partial charge in [0.15, 0.2) is 0 Å². The molecule has 0 aromatic heterocycles. The fourth-order valence-corrected chi connectivity index (χ4v) is 5.59. The van der Waals surface area contributed by atoms with Crippen molar-refractivity contribution in [2.24, 2.45) is 0 Å². The number of piperidine rings is 1. The third-order valence-electron chi connectivity index (χ3n) is 5.17. The Labute approximate surface area is 185 Å². The SMILES string of the molecule is O=C(CCc1ccccc1S(=O)(=O)N1CCC(OCc2ccccc2Br)CC1)NO. The van der Waals surface area contributed by atoms with Crippen LogP contribution in [-0.4, -0.2) is 43.0 Å². The summed E-state index contributed by atoms with van der Waals surface area (Å²) >= 11 is 3.51. The monoisotopic (exact) mass is 496 g/mol. The van der Waals surface area contributed by atoms with Gasteiger partial charge in [0.1, 0.15) is 0 Å². The Morgan fingerprint density at radius 1 is 1.10 bits per heavy atom. The van der Waals surface area contributed by atoms with E-state index in [2.05, 4.69) is 15.9 Å². The van der Waals surface area contributed by atoms with Crippen LogP contribution in [0.5, 0.6) is 0 Å². The van der Waals surface area contributed by atoms with Crippen molar-refractivity contribution < 1.29 is 23.2 Å². The molecule has 30 heavy (non-hydrogen) atoms. The maximum Gasteiger partial charge on any atom is 0.243 e. The van der Waals surface area contributed by atoms with Crippen LogP contribution in [0.1, 0.15) is 30.4 Å². The Balaban J connectivity index is 1.61. The number of halogens is 1. The van der Waals surface area contributed by atoms with Crippen LogP contribution < -0.4 is 5.48 Å². The number of rotatable bonds is 8. The Kier molecular flexibility index (Phi) is 8.01. The van der Waals surface area contributed by atoms with E-state index < -0.39 is 15.9 Å². The van der Waals surface area contributed by atoms with E-state index in [4.69, 9.17) is 9.94 Å². The van der Waals surface area contributed by atoms with Crippen LogP contribution in [0.15, 0.2) is 57.9 Å². The van der Waals surface area contributed by atoms with Crippen LogP contribution in [0, 0.1) is 0 Å². The molecule has 1 saturated heterocycles. The second-order valence-electron chi connectivity index (χ2n) is 7.15. The lowest BCUT2D eigenvalue weighted by molar-refractivity contribution is -0.129. The molecular weight excluding hydrogens is 472 g/mol. The van der Waals surface area contributed by atoms with Gasteiger partial charge in [-0.3, -0.25) is 10.0 Å². The van der Waals surface area contributed by atoms with Crippen molar-refractivity contribution in [2.45, 2.75) is 43.3 Å². The van der Waals surface area contributed by atoms with E-state index in [0.717, 1.165) is 10.0 Å². The van der Waals surface area contributed by atoms with Gasteiger partial charge >= 0.3 is 0 Å². The van der Waals surface area contributed by atoms with E-state index in [0.29, 0.717) is 38.1 Å². The summed E-state index contributed by atoms with van der Waals surface area (Å²) in [5.41, 5.74) is 3.20. The summed E-state index contributed by atoms with van der Waals surface area (Å²) in [6, 6.07) is 14.6. The van der Waals surface area contributed by atoms with E-state index in [1.807, 2.05) is 24.3 Å². The van der Waals surface area contributed by atoms with Gasteiger partial charge in [-0.2, -0.15) is 4.31 Å². The number of nitrogens with one attached hydrogen (secondary N) is 1. The lowest BCUT2D eigenvalue weighted by atomic mass is 10.1. The average Bonchev–Trinajstić information content (AvgIpc) is 2.77. The van der Waals surface area contributed by atoms with Crippen LogP contribution in [0.25, 0.3) is 0 Å². The number of hydrogen-bond donors (Lipinski definition) is 2. The highest BCUT2D eigenvalue weighted by Crippen LogP contribution is 2.26. The molecule has 0 saturated carbocycles. The maximum absolute atomic E-state index is 13.2. The predicted octanol–water partition coefficient (Wildman–Crippen LogP) is 3.26. The number of hydrogen-bond acceptors (Lipinski definition) is 5. The Morgan fingerprint density at radius 3 is 2.40 bits per heavy atom. The summed E-state index contributed by atoms with van der Waals surface area (Å²) in [5.74, 6) is -0.551. The first kappa shape index (κ1) is 22.9. The summed E-state index contributed by atoms with van der Waals surface area (Å²) in [7, 11) is -3.67. The minimum atomic E-state index is -3.67. The minimum absolute atomic E-state index is 0.00653. The molecule has 1 aliphatic rings. The smallest absolute Gasteiger partial charge is 0.243 e. The molecule has 9 heteroatoms. The van der Waals surface area contributed by atoms with Crippen molar-refractivity contribution in [2.75, 3.05) is 13.1 Å². The first-order valence-electron chi connectivity index (χ1n) is 9.78. The summed E-state index contributed by atoms with van der Waals surface area (Å²) in [4.78, 5) is 11.5. The zero-order valence-electron chi connectivity index (χ0n) is 16.5. The number of hydroxylamine groups is 1. The second-order valence-corrected chi connectivity index (χ2v) is 9.91. The van der Waals surface area contributed by atoms with Gasteiger partial charge in [0.05, 0.1) is 17.6 Å². The molecule has 0 radical (unpaired) electrons. The predicted molar refractivity (Wildman–Crippen MR) is 115 cm³/mol. The molecule has 2 aromatic carbocycles.